The van der Waals surface area contributed by atoms with E-state index in [0.717, 1.165) is 17.0 Å². The Labute approximate surface area is 229 Å². The minimum Gasteiger partial charge on any atom is -0.444 e. The molecule has 4 aliphatic rings. The van der Waals surface area contributed by atoms with E-state index in [1.54, 1.807) is 39.8 Å². The predicted octanol–water partition coefficient (Wildman–Crippen LogP) is 5.09. The molecule has 1 heterocycles. The van der Waals surface area contributed by atoms with Crippen LogP contribution in [-0.2, 0) is 15.7 Å². The predicted molar refractivity (Wildman–Crippen MR) is 137 cm³/mol. The lowest BCUT2D eigenvalue weighted by molar-refractivity contribution is -0.197. The highest BCUT2D eigenvalue weighted by Gasteiger charge is 2.72. The van der Waals surface area contributed by atoms with Gasteiger partial charge in [0.05, 0.1) is 33.8 Å². The average Bonchev–Trinajstić information content (AvgIpc) is 3.05. The number of carbonyl (C=O) groups excluding carboxylic acids is 4. The van der Waals surface area contributed by atoms with E-state index in [-0.39, 0.29) is 16.7 Å². The normalized spacial score (nSPS) is 24.0. The molecule has 0 saturated heterocycles. The highest BCUT2D eigenvalue weighted by Crippen LogP contribution is 2.65. The number of benzene rings is 2. The molecular weight excluding hydrogens is 527 g/mol. The quantitative estimate of drug-likeness (QED) is 0.499. The Bertz CT molecular complexity index is 1360. The lowest BCUT2D eigenvalue weighted by atomic mass is 9.43. The number of amides is 4. The van der Waals surface area contributed by atoms with E-state index >= 15 is 0 Å². The lowest BCUT2D eigenvalue weighted by Crippen LogP contribution is -2.84. The molecule has 3 fully saturated rings. The van der Waals surface area contributed by atoms with Crippen LogP contribution in [0.4, 0.5) is 18.0 Å². The van der Waals surface area contributed by atoms with Gasteiger partial charge in [-0.2, -0.15) is 13.2 Å². The van der Waals surface area contributed by atoms with Crippen molar-refractivity contribution in [3.8, 4) is 0 Å². The molecule has 0 aromatic heterocycles. The van der Waals surface area contributed by atoms with E-state index in [0.29, 0.717) is 19.3 Å². The van der Waals surface area contributed by atoms with E-state index in [2.05, 4.69) is 5.32 Å². The zero-order valence-electron chi connectivity index (χ0n) is 22.6. The van der Waals surface area contributed by atoms with Crippen molar-refractivity contribution in [2.75, 3.05) is 6.54 Å². The van der Waals surface area contributed by atoms with Crippen LogP contribution in [0, 0.1) is 0 Å². The van der Waals surface area contributed by atoms with Gasteiger partial charge in [-0.3, -0.25) is 19.3 Å². The molecule has 11 heteroatoms. The zero-order valence-corrected chi connectivity index (χ0v) is 22.6. The molecule has 1 N–H and O–H groups in total. The molecule has 2 bridgehead atoms. The van der Waals surface area contributed by atoms with E-state index < -0.39 is 64.8 Å². The Kier molecular flexibility index (Phi) is 6.27. The number of nitrogens with one attached hydrogen (secondary N) is 1. The zero-order chi connectivity index (χ0) is 29.3. The number of alkyl carbamates (subject to hydrolysis) is 1. The number of alkyl halides is 3. The fourth-order valence-electron chi connectivity index (χ4n) is 6.25. The fraction of sp³-hybridized carbons (Fsp3) is 0.448. The summed E-state index contributed by atoms with van der Waals surface area (Å²) in [5, 5.41) is 2.87. The molecule has 212 valence electrons. The van der Waals surface area contributed by atoms with E-state index in [1.165, 1.54) is 29.2 Å². The number of hydrogen-bond acceptors (Lipinski definition) is 5. The molecule has 2 aromatic carbocycles. The summed E-state index contributed by atoms with van der Waals surface area (Å²) in [6, 6.07) is 10.2. The van der Waals surface area contributed by atoms with Crippen LogP contribution in [0.25, 0.3) is 0 Å². The SMILES string of the molecule is CC(c1cccc(C(F)(F)F)c1)N(C(=O)CN1C(=O)c2ccccc2C1=O)C12CC(NC(=O)OC(C)(C)C)(C1)C2. The second-order valence-electron chi connectivity index (χ2n) is 12.0. The van der Waals surface area contributed by atoms with Crippen molar-refractivity contribution < 1.29 is 37.1 Å². The number of fused-ring (bicyclic) bond motifs is 1. The number of nitrogens with zero attached hydrogens (tertiary/aromatic N) is 2. The second kappa shape index (κ2) is 9.07. The molecule has 8 nitrogen and oxygen atoms in total. The van der Waals surface area contributed by atoms with Crippen molar-refractivity contribution in [2.24, 2.45) is 0 Å². The van der Waals surface area contributed by atoms with Crippen LogP contribution in [-0.4, -0.2) is 56.8 Å². The Morgan fingerprint density at radius 1 is 1.00 bits per heavy atom. The van der Waals surface area contributed by atoms with Gasteiger partial charge in [-0.05, 0) is 76.8 Å². The highest BCUT2D eigenvalue weighted by atomic mass is 19.4. The maximum atomic E-state index is 13.9. The molecule has 3 aliphatic carbocycles. The Morgan fingerprint density at radius 2 is 1.57 bits per heavy atom. The molecule has 0 spiro atoms. The van der Waals surface area contributed by atoms with Crippen LogP contribution in [0.3, 0.4) is 0 Å². The van der Waals surface area contributed by atoms with Gasteiger partial charge in [-0.15, -0.1) is 0 Å². The topological polar surface area (TPSA) is 96.0 Å². The van der Waals surface area contributed by atoms with Gasteiger partial charge in [0.15, 0.2) is 0 Å². The number of hydrogen-bond donors (Lipinski definition) is 1. The van der Waals surface area contributed by atoms with Crippen LogP contribution in [0.1, 0.15) is 84.8 Å². The molecule has 0 radical (unpaired) electrons. The third-order valence-corrected chi connectivity index (χ3v) is 7.80. The van der Waals surface area contributed by atoms with Crippen LogP contribution in [0.15, 0.2) is 48.5 Å². The number of carbonyl (C=O) groups is 4. The largest absolute Gasteiger partial charge is 0.444 e. The molecule has 1 atom stereocenters. The summed E-state index contributed by atoms with van der Waals surface area (Å²) < 4.78 is 45.8. The van der Waals surface area contributed by atoms with Crippen LogP contribution < -0.4 is 5.32 Å². The summed E-state index contributed by atoms with van der Waals surface area (Å²) in [6.07, 6.45) is -4.04. The fourth-order valence-corrected chi connectivity index (χ4v) is 6.25. The monoisotopic (exact) mass is 557 g/mol. The van der Waals surface area contributed by atoms with Crippen molar-refractivity contribution in [3.63, 3.8) is 0 Å². The summed E-state index contributed by atoms with van der Waals surface area (Å²) in [7, 11) is 0. The number of imide groups is 1. The van der Waals surface area contributed by atoms with Gasteiger partial charge in [0.1, 0.15) is 12.1 Å². The smallest absolute Gasteiger partial charge is 0.416 e. The second-order valence-corrected chi connectivity index (χ2v) is 12.0. The van der Waals surface area contributed by atoms with Gasteiger partial charge in [0.2, 0.25) is 5.91 Å². The first-order valence-electron chi connectivity index (χ1n) is 13.0. The minimum atomic E-state index is -4.57. The Hall–Kier alpha value is -3.89. The van der Waals surface area contributed by atoms with Gasteiger partial charge in [0.25, 0.3) is 11.8 Å². The minimum absolute atomic E-state index is 0.198. The van der Waals surface area contributed by atoms with Crippen molar-refractivity contribution >= 4 is 23.8 Å². The summed E-state index contributed by atoms with van der Waals surface area (Å²) in [5.41, 5.74) is -2.22. The summed E-state index contributed by atoms with van der Waals surface area (Å²) in [5.74, 6) is -1.76. The summed E-state index contributed by atoms with van der Waals surface area (Å²) in [6.45, 7) is 6.30. The molecule has 4 amide bonds. The number of halogens is 3. The van der Waals surface area contributed by atoms with E-state index in [9.17, 15) is 32.3 Å². The van der Waals surface area contributed by atoms with Crippen molar-refractivity contribution in [2.45, 2.75) is 75.9 Å². The summed E-state index contributed by atoms with van der Waals surface area (Å²) >= 11 is 0. The van der Waals surface area contributed by atoms with Crippen LogP contribution in [0.5, 0.6) is 0 Å². The van der Waals surface area contributed by atoms with Crippen molar-refractivity contribution in [3.05, 3.63) is 70.8 Å². The molecule has 3 saturated carbocycles. The van der Waals surface area contributed by atoms with Gasteiger partial charge >= 0.3 is 12.3 Å². The summed E-state index contributed by atoms with van der Waals surface area (Å²) in [4.78, 5) is 54.5. The average molecular weight is 558 g/mol. The van der Waals surface area contributed by atoms with E-state index in [4.69, 9.17) is 4.74 Å². The number of ether oxygens (including phenoxy) is 1. The Balaban J connectivity index is 1.40. The Morgan fingerprint density at radius 3 is 2.10 bits per heavy atom. The molecule has 1 unspecified atom stereocenters. The van der Waals surface area contributed by atoms with Crippen molar-refractivity contribution in [1.29, 1.82) is 0 Å². The molecule has 2 aromatic rings. The molecule has 6 rings (SSSR count). The van der Waals surface area contributed by atoms with Crippen LogP contribution in [0.2, 0.25) is 0 Å². The van der Waals surface area contributed by atoms with Gasteiger partial charge in [0, 0.05) is 0 Å². The molecule has 1 aliphatic heterocycles. The first kappa shape index (κ1) is 27.7. The van der Waals surface area contributed by atoms with Gasteiger partial charge in [-0.25, -0.2) is 4.79 Å². The number of rotatable bonds is 6. The third kappa shape index (κ3) is 4.71. The first-order chi connectivity index (χ1) is 18.5. The third-order valence-electron chi connectivity index (χ3n) is 7.80. The van der Waals surface area contributed by atoms with E-state index in [1.807, 2.05) is 0 Å². The van der Waals surface area contributed by atoms with Crippen molar-refractivity contribution in [1.82, 2.24) is 15.1 Å². The molecule has 40 heavy (non-hydrogen) atoms. The van der Waals surface area contributed by atoms with Crippen LogP contribution >= 0.6 is 0 Å². The van der Waals surface area contributed by atoms with Gasteiger partial charge in [-0.1, -0.05) is 24.3 Å². The standard InChI is InChI=1S/C29H30F3N3O5/c1-17(18-8-7-9-19(12-18)29(30,31)32)35(28-14-27(15-28,16-28)33-25(39)40-26(2,3)4)22(36)13-34-23(37)20-10-5-6-11-21(20)24(34)38/h5-12,17H,13-16H2,1-4H3,(H,33,39). The maximum Gasteiger partial charge on any atom is 0.416 e. The van der Waals surface area contributed by atoms with Gasteiger partial charge < -0.3 is 15.0 Å². The highest BCUT2D eigenvalue weighted by molar-refractivity contribution is 6.22. The lowest BCUT2D eigenvalue weighted by Gasteiger charge is -2.74. The molecular formula is C29H30F3N3O5. The maximum absolute atomic E-state index is 13.9. The first-order valence-corrected chi connectivity index (χ1v) is 13.0.